The third-order valence-electron chi connectivity index (χ3n) is 0.832. The predicted octanol–water partition coefficient (Wildman–Crippen LogP) is -0.299. The fourth-order valence-corrected chi connectivity index (χ4v) is 5.97. The average molecular weight is 435 g/mol. The number of hydrogen-bond acceptors (Lipinski definition) is 10. The van der Waals surface area contributed by atoms with Crippen molar-refractivity contribution in [2.45, 2.75) is 0 Å². The first-order valence-corrected chi connectivity index (χ1v) is 11.3. The Morgan fingerprint density at radius 2 is 0.636 bits per heavy atom. The molecular weight excluding hydrogens is 425 g/mol. The minimum absolute atomic E-state index is 0. The molecule has 0 saturated heterocycles. The topological polar surface area (TPSA) is 299 Å². The Morgan fingerprint density at radius 3 is 0.818 bits per heavy atom. The van der Waals surface area contributed by atoms with Crippen LogP contribution in [0.5, 0.6) is 0 Å². The summed E-state index contributed by atoms with van der Waals surface area (Å²) in [5.41, 5.74) is 0. The molecule has 22 heavy (non-hydrogen) atoms. The highest BCUT2D eigenvalue weighted by atomic mass is 31.3. The Morgan fingerprint density at radius 1 is 0.455 bits per heavy atom. The second kappa shape index (κ2) is 7.70. The van der Waals surface area contributed by atoms with Crippen LogP contribution in [0.4, 0.5) is 0 Å². The van der Waals surface area contributed by atoms with Crippen molar-refractivity contribution in [1.29, 1.82) is 0 Å². The van der Waals surface area contributed by atoms with Gasteiger partial charge in [0.25, 0.3) is 0 Å². The van der Waals surface area contributed by atoms with E-state index in [1.165, 1.54) is 0 Å². The molecular formula is H10NO16P5. The first-order chi connectivity index (χ1) is 8.83. The lowest BCUT2D eigenvalue weighted by Gasteiger charge is -2.18. The van der Waals surface area contributed by atoms with Crippen LogP contribution in [-0.2, 0) is 40.1 Å². The molecule has 0 aromatic carbocycles. The molecule has 0 rings (SSSR count). The summed E-state index contributed by atoms with van der Waals surface area (Å²) in [6.45, 7) is 0. The van der Waals surface area contributed by atoms with Crippen molar-refractivity contribution in [2.24, 2.45) is 0 Å². The summed E-state index contributed by atoms with van der Waals surface area (Å²) < 4.78 is 65.6. The SMILES string of the molecule is N.O=P(O)(O)OP(=O)(O)OP(=O)(O)OP(=O)(O)OP(=O)(O)O. The standard InChI is InChI=1S/H3N.H7O16P5/c;1-17(2,3)13-19(7,8)15-21(11,12)16-20(9,10)14-18(4,5)6/h1H3;(H,7,8)(H,9,10)(H,11,12)(H2,1,2,3)(H2,4,5,6). The van der Waals surface area contributed by atoms with Gasteiger partial charge in [-0.25, -0.2) is 22.8 Å². The van der Waals surface area contributed by atoms with E-state index in [1.807, 2.05) is 0 Å². The molecule has 0 aliphatic heterocycles. The van der Waals surface area contributed by atoms with Crippen LogP contribution in [0, 0.1) is 0 Å². The maximum atomic E-state index is 11.0. The monoisotopic (exact) mass is 435 g/mol. The summed E-state index contributed by atoms with van der Waals surface area (Å²) in [7, 11) is -29.3. The van der Waals surface area contributed by atoms with E-state index in [0.29, 0.717) is 0 Å². The minimum Gasteiger partial charge on any atom is -0.344 e. The van der Waals surface area contributed by atoms with Gasteiger partial charge in [-0.15, -0.1) is 0 Å². The zero-order valence-corrected chi connectivity index (χ0v) is 14.2. The van der Waals surface area contributed by atoms with Crippen LogP contribution in [0.25, 0.3) is 0 Å². The number of hydrogen-bond donors (Lipinski definition) is 8. The molecule has 17 nitrogen and oxygen atoms in total. The van der Waals surface area contributed by atoms with Crippen LogP contribution in [0.15, 0.2) is 0 Å². The highest BCUT2D eigenvalue weighted by Crippen LogP contribution is 2.72. The van der Waals surface area contributed by atoms with Gasteiger partial charge in [0.2, 0.25) is 0 Å². The van der Waals surface area contributed by atoms with Crippen molar-refractivity contribution in [3.8, 4) is 0 Å². The summed E-state index contributed by atoms with van der Waals surface area (Å²) in [4.78, 5) is 58.7. The molecule has 0 aromatic rings. The lowest BCUT2D eigenvalue weighted by atomic mass is 14.0. The summed E-state index contributed by atoms with van der Waals surface area (Å²) in [5, 5.41) is 0. The van der Waals surface area contributed by atoms with Crippen molar-refractivity contribution < 1.29 is 74.3 Å². The number of phosphoric acid groups is 5. The van der Waals surface area contributed by atoms with Crippen molar-refractivity contribution in [1.82, 2.24) is 6.15 Å². The van der Waals surface area contributed by atoms with E-state index in [4.69, 9.17) is 34.3 Å². The molecule has 0 amide bonds. The third kappa shape index (κ3) is 13.1. The molecule has 136 valence electrons. The third-order valence-corrected chi connectivity index (χ3v) is 7.49. The molecule has 0 heterocycles. The predicted molar refractivity (Wildman–Crippen MR) is 62.9 cm³/mol. The highest BCUT2D eigenvalue weighted by molar-refractivity contribution is 7.71. The molecule has 0 radical (unpaired) electrons. The molecule has 2 unspecified atom stereocenters. The molecule has 22 heteroatoms. The van der Waals surface area contributed by atoms with Crippen molar-refractivity contribution in [2.75, 3.05) is 0 Å². The van der Waals surface area contributed by atoms with E-state index in [1.54, 1.807) is 0 Å². The van der Waals surface area contributed by atoms with Gasteiger partial charge in [-0.3, -0.25) is 0 Å². The molecule has 10 N–H and O–H groups in total. The van der Waals surface area contributed by atoms with Crippen LogP contribution in [-0.4, -0.2) is 34.3 Å². The van der Waals surface area contributed by atoms with Crippen LogP contribution < -0.4 is 6.15 Å². The quantitative estimate of drug-likeness (QED) is 0.227. The summed E-state index contributed by atoms with van der Waals surface area (Å²) >= 11 is 0. The summed E-state index contributed by atoms with van der Waals surface area (Å²) in [5.74, 6) is 0. The molecule has 0 spiro atoms. The number of rotatable bonds is 8. The van der Waals surface area contributed by atoms with Crippen LogP contribution >= 0.6 is 39.1 Å². The first kappa shape index (κ1) is 24.9. The summed E-state index contributed by atoms with van der Waals surface area (Å²) in [6, 6.07) is 0. The maximum Gasteiger partial charge on any atom is 0.490 e. The minimum atomic E-state index is -6.07. The molecule has 0 aromatic heterocycles. The van der Waals surface area contributed by atoms with Gasteiger partial charge in [0.05, 0.1) is 0 Å². The van der Waals surface area contributed by atoms with Gasteiger partial charge in [0, 0.05) is 0 Å². The van der Waals surface area contributed by atoms with Gasteiger partial charge >= 0.3 is 39.1 Å². The van der Waals surface area contributed by atoms with Crippen LogP contribution in [0.2, 0.25) is 0 Å². The zero-order valence-electron chi connectivity index (χ0n) is 9.75. The van der Waals surface area contributed by atoms with Crippen molar-refractivity contribution in [3.05, 3.63) is 0 Å². The Labute approximate surface area is 120 Å². The first-order valence-electron chi connectivity index (χ1n) is 3.77. The lowest BCUT2D eigenvalue weighted by Crippen LogP contribution is -1.97. The van der Waals surface area contributed by atoms with E-state index in [0.717, 1.165) is 0 Å². The Hall–Kier alpha value is 0.670. The van der Waals surface area contributed by atoms with Gasteiger partial charge in [0.1, 0.15) is 0 Å². The van der Waals surface area contributed by atoms with E-state index in [9.17, 15) is 22.8 Å². The van der Waals surface area contributed by atoms with Gasteiger partial charge in [-0.2, -0.15) is 17.2 Å². The second-order valence-corrected chi connectivity index (χ2v) is 10.1. The highest BCUT2D eigenvalue weighted by Gasteiger charge is 2.46. The molecule has 2 atom stereocenters. The smallest absolute Gasteiger partial charge is 0.344 e. The molecule has 0 aliphatic rings. The Bertz CT molecular complexity index is 552. The van der Waals surface area contributed by atoms with Crippen molar-refractivity contribution >= 4 is 39.1 Å². The molecule has 0 aliphatic carbocycles. The van der Waals surface area contributed by atoms with E-state index >= 15 is 0 Å². The van der Waals surface area contributed by atoms with Crippen LogP contribution in [0.3, 0.4) is 0 Å². The maximum absolute atomic E-state index is 11.0. The van der Waals surface area contributed by atoms with Gasteiger partial charge < -0.3 is 40.4 Å². The average Bonchev–Trinajstić information content (AvgIpc) is 1.83. The second-order valence-electron chi connectivity index (χ2n) is 2.71. The Balaban J connectivity index is 0. The largest absolute Gasteiger partial charge is 0.490 e. The fourth-order valence-electron chi connectivity index (χ4n) is 0.574. The van der Waals surface area contributed by atoms with Gasteiger partial charge in [0.15, 0.2) is 0 Å². The normalized spacial score (nSPS) is 21.0. The molecule has 0 bridgehead atoms. The van der Waals surface area contributed by atoms with Gasteiger partial charge in [-0.1, -0.05) is 0 Å². The van der Waals surface area contributed by atoms with Gasteiger partial charge in [-0.05, 0) is 0 Å². The Kier molecular flexibility index (Phi) is 8.72. The summed E-state index contributed by atoms with van der Waals surface area (Å²) in [6.07, 6.45) is 0. The fraction of sp³-hybridized carbons (Fsp3) is 0. The molecule has 0 saturated carbocycles. The van der Waals surface area contributed by atoms with Crippen molar-refractivity contribution in [3.63, 3.8) is 0 Å². The van der Waals surface area contributed by atoms with E-state index in [-0.39, 0.29) is 6.15 Å². The van der Waals surface area contributed by atoms with E-state index < -0.39 is 39.1 Å². The molecule has 0 fully saturated rings. The lowest BCUT2D eigenvalue weighted by molar-refractivity contribution is 0.188. The van der Waals surface area contributed by atoms with E-state index in [2.05, 4.69) is 17.2 Å². The van der Waals surface area contributed by atoms with Crippen LogP contribution in [0.1, 0.15) is 0 Å². The zero-order chi connectivity index (χ0) is 17.3.